The number of benzene rings is 2. The van der Waals surface area contributed by atoms with E-state index in [0.717, 1.165) is 38.3 Å². The molecule has 1 aliphatic heterocycles. The minimum absolute atomic E-state index is 0.114. The maximum atomic E-state index is 13.1. The fourth-order valence-corrected chi connectivity index (χ4v) is 4.18. The molecule has 4 amide bonds. The van der Waals surface area contributed by atoms with Crippen molar-refractivity contribution in [2.45, 2.75) is 13.8 Å². The van der Waals surface area contributed by atoms with Crippen LogP contribution in [0.2, 0.25) is 0 Å². The number of nitrogens with zero attached hydrogens (tertiary/aromatic N) is 3. The summed E-state index contributed by atoms with van der Waals surface area (Å²) in [7, 11) is 0. The van der Waals surface area contributed by atoms with E-state index in [1.54, 1.807) is 18.3 Å². The molecule has 3 heterocycles. The number of aryl methyl sites for hydroxylation is 1. The fourth-order valence-electron chi connectivity index (χ4n) is 4.18. The lowest BCUT2D eigenvalue weighted by molar-refractivity contribution is -0.122. The number of nitrogens with one attached hydrogen (secondary N) is 1. The van der Waals surface area contributed by atoms with E-state index < -0.39 is 17.8 Å². The van der Waals surface area contributed by atoms with Gasteiger partial charge in [-0.25, -0.2) is 9.69 Å². The van der Waals surface area contributed by atoms with Gasteiger partial charge < -0.3 is 4.57 Å². The van der Waals surface area contributed by atoms with Gasteiger partial charge in [0.15, 0.2) is 0 Å². The number of fused-ring (bicyclic) bond motifs is 1. The summed E-state index contributed by atoms with van der Waals surface area (Å²) in [6.07, 6.45) is 4.48. The molecule has 162 valence electrons. The highest BCUT2D eigenvalue weighted by Crippen LogP contribution is 2.27. The van der Waals surface area contributed by atoms with E-state index in [4.69, 9.17) is 0 Å². The van der Waals surface area contributed by atoms with E-state index >= 15 is 0 Å². The molecule has 0 spiro atoms. The maximum Gasteiger partial charge on any atom is 0.336 e. The quantitative estimate of drug-likeness (QED) is 0.383. The number of carbonyl (C=O) groups is 3. The van der Waals surface area contributed by atoms with Gasteiger partial charge in [0.2, 0.25) is 0 Å². The van der Waals surface area contributed by atoms with Gasteiger partial charge in [0, 0.05) is 23.3 Å². The van der Waals surface area contributed by atoms with Crippen LogP contribution in [0.25, 0.3) is 22.5 Å². The zero-order chi connectivity index (χ0) is 23.1. The first-order valence-corrected chi connectivity index (χ1v) is 10.4. The van der Waals surface area contributed by atoms with Gasteiger partial charge in [-0.2, -0.15) is 0 Å². The lowest BCUT2D eigenvalue weighted by Crippen LogP contribution is -2.54. The Bertz CT molecular complexity index is 1470. The normalized spacial score (nSPS) is 15.4. The lowest BCUT2D eigenvalue weighted by atomic mass is 10.1. The Labute approximate surface area is 190 Å². The van der Waals surface area contributed by atoms with Gasteiger partial charge in [0.05, 0.1) is 11.9 Å². The zero-order valence-electron chi connectivity index (χ0n) is 18.1. The number of hydrogen-bond acceptors (Lipinski definition) is 4. The van der Waals surface area contributed by atoms with Crippen molar-refractivity contribution in [1.29, 1.82) is 0 Å². The van der Waals surface area contributed by atoms with E-state index in [2.05, 4.69) is 39.1 Å². The van der Waals surface area contributed by atoms with Crippen molar-refractivity contribution < 1.29 is 14.4 Å². The molecule has 7 nitrogen and oxygen atoms in total. The van der Waals surface area contributed by atoms with Crippen LogP contribution in [0.4, 0.5) is 10.5 Å². The number of aromatic nitrogens is 2. The minimum Gasteiger partial charge on any atom is -0.318 e. The molecule has 0 bridgehead atoms. The first kappa shape index (κ1) is 20.4. The van der Waals surface area contributed by atoms with Crippen LogP contribution in [0.5, 0.6) is 0 Å². The molecular formula is C26H20N4O3. The van der Waals surface area contributed by atoms with Crippen molar-refractivity contribution in [3.63, 3.8) is 0 Å². The average molecular weight is 436 g/mol. The van der Waals surface area contributed by atoms with E-state index in [0.29, 0.717) is 5.69 Å². The van der Waals surface area contributed by atoms with Gasteiger partial charge in [-0.1, -0.05) is 30.3 Å². The number of carbonyl (C=O) groups excluding carboxylic acids is 3. The van der Waals surface area contributed by atoms with Crippen molar-refractivity contribution >= 4 is 40.4 Å². The summed E-state index contributed by atoms with van der Waals surface area (Å²) in [5.74, 6) is -1.41. The summed E-state index contributed by atoms with van der Waals surface area (Å²) in [6, 6.07) is 18.7. The molecule has 0 atom stereocenters. The summed E-state index contributed by atoms with van der Waals surface area (Å²) >= 11 is 0. The second-order valence-electron chi connectivity index (χ2n) is 7.86. The standard InChI is InChI=1S/C26H20N4O3/c1-16-12-20(17(2)29(16)21-10-9-18-6-3-4-7-19(18)13-21)14-23-24(31)28-26(33)30(25(23)32)22-8-5-11-27-15-22/h3-15H,1-2H3,(H,28,31,33)/b23-14+. The predicted molar refractivity (Wildman–Crippen MR) is 126 cm³/mol. The molecule has 0 saturated carbocycles. The third-order valence-electron chi connectivity index (χ3n) is 5.77. The predicted octanol–water partition coefficient (Wildman–Crippen LogP) is 4.31. The zero-order valence-corrected chi connectivity index (χ0v) is 18.1. The second kappa shape index (κ2) is 7.87. The van der Waals surface area contributed by atoms with Crippen LogP contribution < -0.4 is 10.2 Å². The van der Waals surface area contributed by atoms with Crippen LogP contribution >= 0.6 is 0 Å². The molecule has 1 aliphatic rings. The van der Waals surface area contributed by atoms with Crippen LogP contribution in [0, 0.1) is 13.8 Å². The Morgan fingerprint density at radius 1 is 0.879 bits per heavy atom. The molecule has 5 rings (SSSR count). The topological polar surface area (TPSA) is 84.3 Å². The van der Waals surface area contributed by atoms with E-state index in [1.807, 2.05) is 38.1 Å². The van der Waals surface area contributed by atoms with Crippen molar-refractivity contribution in [3.05, 3.63) is 95.6 Å². The van der Waals surface area contributed by atoms with Gasteiger partial charge in [-0.05, 0) is 66.6 Å². The smallest absolute Gasteiger partial charge is 0.318 e. The average Bonchev–Trinajstić information content (AvgIpc) is 3.09. The molecule has 2 aromatic carbocycles. The largest absolute Gasteiger partial charge is 0.336 e. The van der Waals surface area contributed by atoms with Gasteiger partial charge in [-0.3, -0.25) is 19.9 Å². The molecule has 1 N–H and O–H groups in total. The van der Waals surface area contributed by atoms with Gasteiger partial charge in [-0.15, -0.1) is 0 Å². The van der Waals surface area contributed by atoms with Crippen LogP contribution in [0.3, 0.4) is 0 Å². The van der Waals surface area contributed by atoms with E-state index in [-0.39, 0.29) is 5.57 Å². The monoisotopic (exact) mass is 436 g/mol. The summed E-state index contributed by atoms with van der Waals surface area (Å²) < 4.78 is 2.08. The SMILES string of the molecule is Cc1cc(/C=C2\C(=O)NC(=O)N(c3cccnc3)C2=O)c(C)n1-c1ccc2ccccc2c1. The number of rotatable bonds is 3. The summed E-state index contributed by atoms with van der Waals surface area (Å²) in [4.78, 5) is 42.9. The van der Waals surface area contributed by atoms with Gasteiger partial charge in [0.1, 0.15) is 5.57 Å². The van der Waals surface area contributed by atoms with Crippen LogP contribution in [0.15, 0.2) is 78.6 Å². The Kier molecular flexibility index (Phi) is 4.86. The lowest BCUT2D eigenvalue weighted by Gasteiger charge is -2.26. The van der Waals surface area contributed by atoms with Crippen molar-refractivity contribution in [2.75, 3.05) is 4.90 Å². The third kappa shape index (κ3) is 3.49. The van der Waals surface area contributed by atoms with Crippen molar-refractivity contribution in [3.8, 4) is 5.69 Å². The molecule has 0 unspecified atom stereocenters. The van der Waals surface area contributed by atoms with Gasteiger partial charge in [0.25, 0.3) is 11.8 Å². The maximum absolute atomic E-state index is 13.1. The summed E-state index contributed by atoms with van der Waals surface area (Å²) in [6.45, 7) is 3.91. The first-order valence-electron chi connectivity index (χ1n) is 10.4. The second-order valence-corrected chi connectivity index (χ2v) is 7.86. The Morgan fingerprint density at radius 3 is 2.42 bits per heavy atom. The number of urea groups is 1. The molecule has 0 radical (unpaired) electrons. The number of anilines is 1. The molecule has 4 aromatic rings. The van der Waals surface area contributed by atoms with Crippen molar-refractivity contribution in [1.82, 2.24) is 14.9 Å². The van der Waals surface area contributed by atoms with Crippen LogP contribution in [0.1, 0.15) is 17.0 Å². The molecule has 1 fully saturated rings. The van der Waals surface area contributed by atoms with E-state index in [9.17, 15) is 14.4 Å². The molecule has 33 heavy (non-hydrogen) atoms. The van der Waals surface area contributed by atoms with Crippen molar-refractivity contribution in [2.24, 2.45) is 0 Å². The number of barbiturate groups is 1. The highest BCUT2D eigenvalue weighted by Gasteiger charge is 2.37. The molecule has 7 heteroatoms. The number of pyridine rings is 1. The fraction of sp³-hybridized carbons (Fsp3) is 0.0769. The van der Waals surface area contributed by atoms with E-state index in [1.165, 1.54) is 12.3 Å². The molecule has 2 aromatic heterocycles. The third-order valence-corrected chi connectivity index (χ3v) is 5.77. The minimum atomic E-state index is -0.795. The summed E-state index contributed by atoms with van der Waals surface area (Å²) in [5.41, 5.74) is 3.72. The Hall–Kier alpha value is -4.52. The molecular weight excluding hydrogens is 416 g/mol. The number of amides is 4. The number of imide groups is 2. The van der Waals surface area contributed by atoms with Gasteiger partial charge >= 0.3 is 6.03 Å². The summed E-state index contributed by atoms with van der Waals surface area (Å²) in [5, 5.41) is 4.51. The van der Waals surface area contributed by atoms with Crippen LogP contribution in [-0.4, -0.2) is 27.4 Å². The highest BCUT2D eigenvalue weighted by molar-refractivity contribution is 6.39. The van der Waals surface area contributed by atoms with Crippen LogP contribution in [-0.2, 0) is 9.59 Å². The Morgan fingerprint density at radius 2 is 1.67 bits per heavy atom. The first-order chi connectivity index (χ1) is 15.9. The molecule has 1 saturated heterocycles. The molecule has 0 aliphatic carbocycles. The number of hydrogen-bond donors (Lipinski definition) is 1. The Balaban J connectivity index is 1.57. The highest BCUT2D eigenvalue weighted by atomic mass is 16.2.